The average molecular weight is 277 g/mol. The molecule has 0 aliphatic carbocycles. The maximum atomic E-state index is 12.6. The van der Waals surface area contributed by atoms with E-state index < -0.39 is 41.5 Å². The van der Waals surface area contributed by atoms with Gasteiger partial charge in [-0.25, -0.2) is 13.8 Å². The monoisotopic (exact) mass is 276 g/mol. The van der Waals surface area contributed by atoms with Crippen molar-refractivity contribution in [2.75, 3.05) is 0 Å². The molecule has 1 heterocycles. The Morgan fingerprint density at radius 3 is 2.41 bits per heavy atom. The molecular weight excluding hydrogens is 271 g/mol. The molecule has 17 heavy (non-hydrogen) atoms. The summed E-state index contributed by atoms with van der Waals surface area (Å²) in [7, 11) is 0. The van der Waals surface area contributed by atoms with Crippen LogP contribution in [0.25, 0.3) is 0 Å². The lowest BCUT2D eigenvalue weighted by molar-refractivity contribution is -0.275. The average Bonchev–Trinajstić information content (AvgIpc) is 2.12. The number of ether oxygens (including phenoxy) is 1. The van der Waals surface area contributed by atoms with E-state index in [1.165, 1.54) is 0 Å². The third kappa shape index (κ3) is 3.67. The van der Waals surface area contributed by atoms with Gasteiger partial charge in [0.15, 0.2) is 0 Å². The molecule has 0 atom stereocenters. The Morgan fingerprint density at radius 2 is 2.00 bits per heavy atom. The van der Waals surface area contributed by atoms with Gasteiger partial charge in [-0.1, -0.05) is 11.6 Å². The summed E-state index contributed by atoms with van der Waals surface area (Å²) in [5.74, 6) is -1.09. The second kappa shape index (κ2) is 5.01. The molecule has 0 saturated heterocycles. The highest BCUT2D eigenvalue weighted by Gasteiger charge is 2.34. The van der Waals surface area contributed by atoms with Crippen molar-refractivity contribution in [2.24, 2.45) is 5.73 Å². The van der Waals surface area contributed by atoms with E-state index >= 15 is 0 Å². The van der Waals surface area contributed by atoms with Gasteiger partial charge in [0.05, 0.1) is 11.3 Å². The van der Waals surface area contributed by atoms with Gasteiger partial charge >= 0.3 is 6.36 Å². The first-order valence-electron chi connectivity index (χ1n) is 4.18. The number of aromatic nitrogens is 1. The molecule has 0 bridgehead atoms. The number of halogens is 6. The van der Waals surface area contributed by atoms with Crippen LogP contribution in [0.3, 0.4) is 0 Å². The van der Waals surface area contributed by atoms with Gasteiger partial charge < -0.3 is 10.5 Å². The second-order valence-corrected chi connectivity index (χ2v) is 3.24. The normalized spacial score (nSPS) is 12.0. The molecule has 2 N–H and O–H groups in total. The highest BCUT2D eigenvalue weighted by Crippen LogP contribution is 2.36. The number of nitrogens with two attached hydrogens (primary N) is 1. The predicted octanol–water partition coefficient (Wildman–Crippen LogP) is 3.03. The number of pyridine rings is 1. The Morgan fingerprint density at radius 1 is 1.41 bits per heavy atom. The third-order valence-electron chi connectivity index (χ3n) is 1.71. The summed E-state index contributed by atoms with van der Waals surface area (Å²) in [6, 6.07) is 0.565. The van der Waals surface area contributed by atoms with Gasteiger partial charge in [0, 0.05) is 12.6 Å². The van der Waals surface area contributed by atoms with E-state index in [1.807, 2.05) is 0 Å². The molecule has 0 aliphatic rings. The minimum absolute atomic E-state index is 0.408. The molecular formula is C8H6ClF5N2O. The van der Waals surface area contributed by atoms with Crippen molar-refractivity contribution in [2.45, 2.75) is 19.3 Å². The molecule has 0 amide bonds. The van der Waals surface area contributed by atoms with Gasteiger partial charge in [-0.15, -0.1) is 13.2 Å². The third-order valence-corrected chi connectivity index (χ3v) is 1.90. The van der Waals surface area contributed by atoms with Crippen LogP contribution < -0.4 is 10.5 Å². The number of hydrogen-bond donors (Lipinski definition) is 1. The van der Waals surface area contributed by atoms with E-state index in [-0.39, 0.29) is 0 Å². The number of hydrogen-bond acceptors (Lipinski definition) is 3. The van der Waals surface area contributed by atoms with Crippen LogP contribution in [0.15, 0.2) is 6.07 Å². The van der Waals surface area contributed by atoms with Crippen LogP contribution in [0.5, 0.6) is 5.75 Å². The van der Waals surface area contributed by atoms with Gasteiger partial charge in [0.2, 0.25) is 0 Å². The van der Waals surface area contributed by atoms with Crippen molar-refractivity contribution in [3.63, 3.8) is 0 Å². The fraction of sp³-hybridized carbons (Fsp3) is 0.375. The van der Waals surface area contributed by atoms with Gasteiger partial charge in [-0.3, -0.25) is 0 Å². The highest BCUT2D eigenvalue weighted by molar-refractivity contribution is 6.29. The van der Waals surface area contributed by atoms with Gasteiger partial charge in [-0.2, -0.15) is 0 Å². The standard InChI is InChI=1S/C8H6ClF5N2O/c9-5-1-4(17-8(12,13)14)6(7(10)11)3(2-15)16-5/h1,7H,2,15H2. The molecule has 3 nitrogen and oxygen atoms in total. The molecule has 96 valence electrons. The van der Waals surface area contributed by atoms with E-state index in [0.29, 0.717) is 6.07 Å². The topological polar surface area (TPSA) is 48.1 Å². The summed E-state index contributed by atoms with van der Waals surface area (Å²) < 4.78 is 64.6. The van der Waals surface area contributed by atoms with Gasteiger partial charge in [0.1, 0.15) is 10.9 Å². The largest absolute Gasteiger partial charge is 0.573 e. The van der Waals surface area contributed by atoms with E-state index in [1.54, 1.807) is 0 Å². The molecule has 0 unspecified atom stereocenters. The van der Waals surface area contributed by atoms with Crippen molar-refractivity contribution < 1.29 is 26.7 Å². The summed E-state index contributed by atoms with van der Waals surface area (Å²) in [5.41, 5.74) is 3.66. The van der Waals surface area contributed by atoms with E-state index in [2.05, 4.69) is 9.72 Å². The van der Waals surface area contributed by atoms with Crippen LogP contribution in [0, 0.1) is 0 Å². The molecule has 0 spiro atoms. The van der Waals surface area contributed by atoms with Crippen molar-refractivity contribution >= 4 is 11.6 Å². The van der Waals surface area contributed by atoms with Crippen LogP contribution in [0.4, 0.5) is 22.0 Å². The first-order valence-corrected chi connectivity index (χ1v) is 4.55. The molecule has 0 aliphatic heterocycles. The van der Waals surface area contributed by atoms with Crippen LogP contribution in [-0.4, -0.2) is 11.3 Å². The van der Waals surface area contributed by atoms with E-state index in [4.69, 9.17) is 17.3 Å². The van der Waals surface area contributed by atoms with Gasteiger partial charge in [-0.05, 0) is 0 Å². The number of rotatable bonds is 3. The Hall–Kier alpha value is -1.15. The van der Waals surface area contributed by atoms with Crippen molar-refractivity contribution in [3.8, 4) is 5.75 Å². The van der Waals surface area contributed by atoms with E-state index in [9.17, 15) is 22.0 Å². The summed E-state index contributed by atoms with van der Waals surface area (Å²) in [4.78, 5) is 3.42. The molecule has 0 fully saturated rings. The first kappa shape index (κ1) is 13.9. The molecule has 0 aromatic carbocycles. The molecule has 1 aromatic heterocycles. The molecule has 0 saturated carbocycles. The highest BCUT2D eigenvalue weighted by atomic mass is 35.5. The lowest BCUT2D eigenvalue weighted by Gasteiger charge is -2.15. The summed E-state index contributed by atoms with van der Waals surface area (Å²) in [6.45, 7) is -0.478. The Labute approximate surface area is 97.3 Å². The van der Waals surface area contributed by atoms with Crippen molar-refractivity contribution in [3.05, 3.63) is 22.5 Å². The number of nitrogens with zero attached hydrogens (tertiary/aromatic N) is 1. The summed E-state index contributed by atoms with van der Waals surface area (Å²) >= 11 is 5.38. The maximum Gasteiger partial charge on any atom is 0.573 e. The zero-order chi connectivity index (χ0) is 13.2. The van der Waals surface area contributed by atoms with Gasteiger partial charge in [0.25, 0.3) is 6.43 Å². The lowest BCUT2D eigenvalue weighted by Crippen LogP contribution is -2.19. The predicted molar refractivity (Wildman–Crippen MR) is 48.8 cm³/mol. The zero-order valence-electron chi connectivity index (χ0n) is 8.06. The zero-order valence-corrected chi connectivity index (χ0v) is 8.82. The number of alkyl halides is 5. The van der Waals surface area contributed by atoms with Crippen LogP contribution in [0.2, 0.25) is 5.15 Å². The van der Waals surface area contributed by atoms with Crippen LogP contribution in [-0.2, 0) is 6.54 Å². The lowest BCUT2D eigenvalue weighted by atomic mass is 10.2. The maximum absolute atomic E-state index is 12.6. The quantitative estimate of drug-likeness (QED) is 0.682. The summed E-state index contributed by atoms with van der Waals surface area (Å²) in [5, 5.41) is -0.408. The van der Waals surface area contributed by atoms with E-state index in [0.717, 1.165) is 0 Å². The first-order chi connectivity index (χ1) is 7.74. The van der Waals surface area contributed by atoms with Crippen LogP contribution >= 0.6 is 11.6 Å². The molecule has 1 aromatic rings. The fourth-order valence-electron chi connectivity index (χ4n) is 1.15. The second-order valence-electron chi connectivity index (χ2n) is 2.86. The Bertz CT molecular complexity index is 410. The van der Waals surface area contributed by atoms with Crippen LogP contribution in [0.1, 0.15) is 17.7 Å². The fourth-order valence-corrected chi connectivity index (χ4v) is 1.35. The SMILES string of the molecule is NCc1nc(Cl)cc(OC(F)(F)F)c1C(F)F. The summed E-state index contributed by atoms with van der Waals surface area (Å²) in [6.07, 6.45) is -8.30. The Kier molecular flexibility index (Phi) is 4.10. The smallest absolute Gasteiger partial charge is 0.405 e. The van der Waals surface area contributed by atoms with Crippen molar-refractivity contribution in [1.82, 2.24) is 4.98 Å². The Balaban J connectivity index is 3.30. The molecule has 9 heteroatoms. The minimum atomic E-state index is -5.10. The molecule has 1 rings (SSSR count). The minimum Gasteiger partial charge on any atom is -0.405 e. The van der Waals surface area contributed by atoms with Crippen molar-refractivity contribution in [1.29, 1.82) is 0 Å². The molecule has 0 radical (unpaired) electrons.